The topological polar surface area (TPSA) is 59.1 Å². The number of aryl methyl sites for hydroxylation is 1. The van der Waals surface area contributed by atoms with E-state index in [4.69, 9.17) is 9.47 Å². The Morgan fingerprint density at radius 1 is 0.786 bits per heavy atom. The van der Waals surface area contributed by atoms with Crippen LogP contribution in [0.4, 0.5) is 0 Å². The molecule has 28 heavy (non-hydrogen) atoms. The molecule has 2 heterocycles. The minimum atomic E-state index is -0.0450. The highest BCUT2D eigenvalue weighted by Crippen LogP contribution is 2.31. The first-order valence-corrected chi connectivity index (χ1v) is 9.73. The molecule has 0 unspecified atom stereocenters. The van der Waals surface area contributed by atoms with E-state index in [0.717, 1.165) is 6.42 Å². The van der Waals surface area contributed by atoms with Crippen molar-refractivity contribution in [1.29, 1.82) is 0 Å². The van der Waals surface area contributed by atoms with Crippen molar-refractivity contribution in [3.63, 3.8) is 0 Å². The molecule has 6 heteroatoms. The number of carbonyl (C=O) groups is 2. The summed E-state index contributed by atoms with van der Waals surface area (Å²) < 4.78 is 11.1. The Labute approximate surface area is 164 Å². The molecule has 1 fully saturated rings. The van der Waals surface area contributed by atoms with Crippen LogP contribution in [0.3, 0.4) is 0 Å². The predicted molar refractivity (Wildman–Crippen MR) is 105 cm³/mol. The summed E-state index contributed by atoms with van der Waals surface area (Å²) in [5.41, 5.74) is 2.49. The number of amides is 2. The van der Waals surface area contributed by atoms with Crippen LogP contribution in [-0.4, -0.2) is 61.0 Å². The Morgan fingerprint density at radius 3 is 1.93 bits per heavy atom. The second-order valence-electron chi connectivity index (χ2n) is 6.99. The number of benzene rings is 2. The van der Waals surface area contributed by atoms with Gasteiger partial charge in [-0.3, -0.25) is 9.59 Å². The van der Waals surface area contributed by atoms with E-state index >= 15 is 0 Å². The summed E-state index contributed by atoms with van der Waals surface area (Å²) in [4.78, 5) is 29.1. The SMILES string of the molecule is CCc1ccc(C(=O)N2CCN(C(=O)c3ccc4c(c3)OCCO4)CC2)cc1. The van der Waals surface area contributed by atoms with Crippen LogP contribution in [0.1, 0.15) is 33.2 Å². The lowest BCUT2D eigenvalue weighted by atomic mass is 10.1. The van der Waals surface area contributed by atoms with Crippen molar-refractivity contribution in [3.05, 3.63) is 59.2 Å². The summed E-state index contributed by atoms with van der Waals surface area (Å²) >= 11 is 0. The lowest BCUT2D eigenvalue weighted by molar-refractivity contribution is 0.0535. The van der Waals surface area contributed by atoms with Crippen LogP contribution < -0.4 is 9.47 Å². The molecule has 6 nitrogen and oxygen atoms in total. The van der Waals surface area contributed by atoms with Crippen LogP contribution in [0.5, 0.6) is 11.5 Å². The first kappa shape index (κ1) is 18.3. The molecular weight excluding hydrogens is 356 g/mol. The van der Waals surface area contributed by atoms with E-state index in [1.54, 1.807) is 23.1 Å². The van der Waals surface area contributed by atoms with Crippen molar-refractivity contribution >= 4 is 11.8 Å². The molecule has 0 N–H and O–H groups in total. The van der Waals surface area contributed by atoms with E-state index in [1.807, 2.05) is 29.2 Å². The standard InChI is InChI=1S/C22H24N2O4/c1-2-16-3-5-17(6-4-16)21(25)23-9-11-24(12-10-23)22(26)18-7-8-19-20(15-18)28-14-13-27-19/h3-8,15H,2,9-14H2,1H3. The Kier molecular flexibility index (Phi) is 5.19. The summed E-state index contributed by atoms with van der Waals surface area (Å²) in [5.74, 6) is 1.26. The molecule has 0 spiro atoms. The molecule has 4 rings (SSSR count). The molecule has 0 atom stereocenters. The number of carbonyl (C=O) groups excluding carboxylic acids is 2. The molecule has 2 amide bonds. The Morgan fingerprint density at radius 2 is 1.32 bits per heavy atom. The summed E-state index contributed by atoms with van der Waals surface area (Å²) in [6.45, 7) is 5.21. The smallest absolute Gasteiger partial charge is 0.254 e. The second-order valence-corrected chi connectivity index (χ2v) is 6.99. The van der Waals surface area contributed by atoms with Crippen LogP contribution >= 0.6 is 0 Å². The Balaban J connectivity index is 1.38. The maximum absolute atomic E-state index is 12.8. The van der Waals surface area contributed by atoms with Gasteiger partial charge in [-0.15, -0.1) is 0 Å². The van der Waals surface area contributed by atoms with E-state index in [2.05, 4.69) is 6.92 Å². The van der Waals surface area contributed by atoms with Crippen molar-refractivity contribution < 1.29 is 19.1 Å². The normalized spacial score (nSPS) is 16.0. The van der Waals surface area contributed by atoms with E-state index < -0.39 is 0 Å². The lowest BCUT2D eigenvalue weighted by Crippen LogP contribution is -2.50. The van der Waals surface area contributed by atoms with Gasteiger partial charge in [-0.1, -0.05) is 19.1 Å². The fraction of sp³-hybridized carbons (Fsp3) is 0.364. The molecule has 146 valence electrons. The monoisotopic (exact) mass is 380 g/mol. The van der Waals surface area contributed by atoms with Gasteiger partial charge in [0, 0.05) is 37.3 Å². The number of hydrogen-bond acceptors (Lipinski definition) is 4. The van der Waals surface area contributed by atoms with Gasteiger partial charge in [0.15, 0.2) is 11.5 Å². The largest absolute Gasteiger partial charge is 0.486 e. The highest BCUT2D eigenvalue weighted by Gasteiger charge is 2.26. The van der Waals surface area contributed by atoms with Gasteiger partial charge < -0.3 is 19.3 Å². The van der Waals surface area contributed by atoms with Crippen LogP contribution in [0.25, 0.3) is 0 Å². The van der Waals surface area contributed by atoms with Crippen molar-refractivity contribution in [1.82, 2.24) is 9.80 Å². The van der Waals surface area contributed by atoms with Crippen molar-refractivity contribution in [2.24, 2.45) is 0 Å². The number of hydrogen-bond donors (Lipinski definition) is 0. The summed E-state index contributed by atoms with van der Waals surface area (Å²) in [6, 6.07) is 13.0. The molecule has 0 aromatic heterocycles. The second kappa shape index (κ2) is 7.92. The predicted octanol–water partition coefficient (Wildman–Crippen LogP) is 2.62. The van der Waals surface area contributed by atoms with Gasteiger partial charge in [0.2, 0.25) is 0 Å². The average molecular weight is 380 g/mol. The van der Waals surface area contributed by atoms with Crippen LogP contribution in [0.2, 0.25) is 0 Å². The van der Waals surface area contributed by atoms with Gasteiger partial charge in [0.1, 0.15) is 13.2 Å². The fourth-order valence-corrected chi connectivity index (χ4v) is 3.54. The van der Waals surface area contributed by atoms with Crippen molar-refractivity contribution in [2.45, 2.75) is 13.3 Å². The van der Waals surface area contributed by atoms with Gasteiger partial charge >= 0.3 is 0 Å². The zero-order valence-electron chi connectivity index (χ0n) is 16.0. The maximum atomic E-state index is 12.8. The maximum Gasteiger partial charge on any atom is 0.254 e. The number of ether oxygens (including phenoxy) is 2. The number of piperazine rings is 1. The third-order valence-corrected chi connectivity index (χ3v) is 5.25. The molecule has 0 radical (unpaired) electrons. The van der Waals surface area contributed by atoms with E-state index in [1.165, 1.54) is 5.56 Å². The van der Waals surface area contributed by atoms with Crippen LogP contribution in [0, 0.1) is 0 Å². The first-order chi connectivity index (χ1) is 13.7. The van der Waals surface area contributed by atoms with E-state index in [-0.39, 0.29) is 11.8 Å². The number of nitrogens with zero attached hydrogens (tertiary/aromatic N) is 2. The van der Waals surface area contributed by atoms with Gasteiger partial charge in [0.05, 0.1) is 0 Å². The van der Waals surface area contributed by atoms with Gasteiger partial charge in [-0.2, -0.15) is 0 Å². The van der Waals surface area contributed by atoms with Gasteiger partial charge in [0.25, 0.3) is 11.8 Å². The van der Waals surface area contributed by atoms with E-state index in [9.17, 15) is 9.59 Å². The molecule has 0 bridgehead atoms. The van der Waals surface area contributed by atoms with Crippen molar-refractivity contribution in [3.8, 4) is 11.5 Å². The summed E-state index contributed by atoms with van der Waals surface area (Å²) in [5, 5.41) is 0. The lowest BCUT2D eigenvalue weighted by Gasteiger charge is -2.35. The molecular formula is C22H24N2O4. The highest BCUT2D eigenvalue weighted by atomic mass is 16.6. The number of fused-ring (bicyclic) bond motifs is 1. The highest BCUT2D eigenvalue weighted by molar-refractivity contribution is 5.96. The summed E-state index contributed by atoms with van der Waals surface area (Å²) in [6.07, 6.45) is 0.953. The molecule has 0 saturated carbocycles. The minimum absolute atomic E-state index is 0.0223. The molecule has 2 aromatic rings. The van der Waals surface area contributed by atoms with Crippen LogP contribution in [0.15, 0.2) is 42.5 Å². The number of rotatable bonds is 3. The molecule has 0 aliphatic carbocycles. The van der Waals surface area contributed by atoms with Gasteiger partial charge in [-0.25, -0.2) is 0 Å². The molecule has 1 saturated heterocycles. The third-order valence-electron chi connectivity index (χ3n) is 5.25. The molecule has 2 aromatic carbocycles. The fourth-order valence-electron chi connectivity index (χ4n) is 3.54. The Hall–Kier alpha value is -3.02. The zero-order valence-corrected chi connectivity index (χ0v) is 16.0. The quantitative estimate of drug-likeness (QED) is 0.821. The van der Waals surface area contributed by atoms with E-state index in [0.29, 0.717) is 62.0 Å². The first-order valence-electron chi connectivity index (χ1n) is 9.73. The van der Waals surface area contributed by atoms with Crippen LogP contribution in [-0.2, 0) is 6.42 Å². The Bertz CT molecular complexity index is 871. The molecule has 2 aliphatic rings. The average Bonchev–Trinajstić information content (AvgIpc) is 2.78. The van der Waals surface area contributed by atoms with Crippen molar-refractivity contribution in [2.75, 3.05) is 39.4 Å². The molecule has 2 aliphatic heterocycles. The van der Waals surface area contributed by atoms with Gasteiger partial charge in [-0.05, 0) is 42.3 Å². The summed E-state index contributed by atoms with van der Waals surface area (Å²) in [7, 11) is 0. The zero-order chi connectivity index (χ0) is 19.5. The minimum Gasteiger partial charge on any atom is -0.486 e. The third kappa shape index (κ3) is 3.67.